The number of hydrogen-bond donors (Lipinski definition) is 0. The molecular weight excluding hydrogens is 279 g/mol. The van der Waals surface area contributed by atoms with Crippen molar-refractivity contribution in [2.75, 3.05) is 0 Å². The number of hydrogen-bond acceptors (Lipinski definition) is 2. The molecule has 0 aliphatic carbocycles. The summed E-state index contributed by atoms with van der Waals surface area (Å²) < 4.78 is 21.7. The zero-order valence-electron chi connectivity index (χ0n) is 11.9. The summed E-state index contributed by atoms with van der Waals surface area (Å²) in [6, 6.07) is 14.9. The first-order chi connectivity index (χ1) is 10.8. The van der Waals surface area contributed by atoms with Crippen LogP contribution >= 0.6 is 0 Å². The lowest BCUT2D eigenvalue weighted by atomic mass is 9.93. The van der Waals surface area contributed by atoms with Gasteiger partial charge in [0, 0.05) is 30.4 Å². The molecule has 2 aromatic carbocycles. The van der Waals surface area contributed by atoms with E-state index < -0.39 is 0 Å². The fourth-order valence-corrected chi connectivity index (χ4v) is 3.02. The molecule has 0 bridgehead atoms. The third kappa shape index (κ3) is 2.26. The summed E-state index contributed by atoms with van der Waals surface area (Å²) in [6.07, 6.45) is 6.19. The van der Waals surface area contributed by atoms with Gasteiger partial charge in [0.25, 0.3) is 0 Å². The minimum atomic E-state index is -0.281. The molecule has 0 saturated carbocycles. The summed E-state index contributed by atoms with van der Waals surface area (Å²) in [5, 5.41) is 0. The van der Waals surface area contributed by atoms with Crippen LogP contribution in [0.2, 0.25) is 0 Å². The first-order valence-corrected chi connectivity index (χ1v) is 7.30. The van der Waals surface area contributed by atoms with E-state index in [0.29, 0.717) is 5.75 Å². The predicted molar refractivity (Wildman–Crippen MR) is 81.2 cm³/mol. The Bertz CT molecular complexity index is 771. The third-order valence-electron chi connectivity index (χ3n) is 4.10. The van der Waals surface area contributed by atoms with Gasteiger partial charge < -0.3 is 9.30 Å². The number of nitrogens with zero attached hydrogens (tertiary/aromatic N) is 2. The van der Waals surface area contributed by atoms with Crippen LogP contribution in [0.25, 0.3) is 0 Å². The van der Waals surface area contributed by atoms with Gasteiger partial charge in [0.1, 0.15) is 17.7 Å². The Morgan fingerprint density at radius 2 is 2.00 bits per heavy atom. The first kappa shape index (κ1) is 13.1. The molecule has 1 aromatic heterocycles. The molecule has 0 fully saturated rings. The average molecular weight is 294 g/mol. The molecule has 0 spiro atoms. The Kier molecular flexibility index (Phi) is 3.15. The smallest absolute Gasteiger partial charge is 0.128 e. The maximum atomic E-state index is 13.6. The summed E-state index contributed by atoms with van der Waals surface area (Å²) in [4.78, 5) is 4.13. The van der Waals surface area contributed by atoms with Crippen LogP contribution in [0, 0.1) is 5.82 Å². The van der Waals surface area contributed by atoms with Crippen molar-refractivity contribution in [1.29, 1.82) is 0 Å². The molecule has 0 radical (unpaired) electrons. The summed E-state index contributed by atoms with van der Waals surface area (Å²) in [5.74, 6) is 0.329. The van der Waals surface area contributed by atoms with Crippen LogP contribution in [-0.2, 0) is 0 Å². The van der Waals surface area contributed by atoms with E-state index in [1.165, 1.54) is 12.1 Å². The Morgan fingerprint density at radius 3 is 2.77 bits per heavy atom. The van der Waals surface area contributed by atoms with E-state index >= 15 is 0 Å². The molecule has 4 heteroatoms. The highest BCUT2D eigenvalue weighted by Gasteiger charge is 2.30. The van der Waals surface area contributed by atoms with Crippen molar-refractivity contribution in [3.63, 3.8) is 0 Å². The molecule has 3 aromatic rings. The molecule has 1 aliphatic rings. The van der Waals surface area contributed by atoms with Gasteiger partial charge in [-0.05, 0) is 11.6 Å². The van der Waals surface area contributed by atoms with Gasteiger partial charge in [0.15, 0.2) is 0 Å². The van der Waals surface area contributed by atoms with Crippen molar-refractivity contribution in [3.05, 3.63) is 84.2 Å². The van der Waals surface area contributed by atoms with E-state index in [2.05, 4.69) is 9.55 Å². The van der Waals surface area contributed by atoms with Crippen LogP contribution in [0.15, 0.2) is 67.3 Å². The lowest BCUT2D eigenvalue weighted by molar-refractivity contribution is 0.152. The Morgan fingerprint density at radius 1 is 1.14 bits per heavy atom. The molecule has 3 nitrogen and oxygen atoms in total. The maximum Gasteiger partial charge on any atom is 0.128 e. The van der Waals surface area contributed by atoms with E-state index in [4.69, 9.17) is 4.74 Å². The van der Waals surface area contributed by atoms with Crippen LogP contribution in [0.3, 0.4) is 0 Å². The lowest BCUT2D eigenvalue weighted by Crippen LogP contribution is -2.23. The van der Waals surface area contributed by atoms with Gasteiger partial charge in [0.05, 0.1) is 12.4 Å². The van der Waals surface area contributed by atoms with Crippen LogP contribution in [0.1, 0.15) is 29.7 Å². The predicted octanol–water partition coefficient (Wildman–Crippen LogP) is 4.14. The Balaban J connectivity index is 1.79. The number of imidazole rings is 1. The largest absolute Gasteiger partial charge is 0.485 e. The normalized spacial score (nSPS) is 20.2. The van der Waals surface area contributed by atoms with E-state index in [-0.39, 0.29) is 18.0 Å². The number of aromatic nitrogens is 2. The second-order valence-corrected chi connectivity index (χ2v) is 5.46. The second kappa shape index (κ2) is 5.30. The van der Waals surface area contributed by atoms with Gasteiger partial charge in [-0.1, -0.05) is 36.4 Å². The van der Waals surface area contributed by atoms with Crippen molar-refractivity contribution in [2.24, 2.45) is 0 Å². The minimum absolute atomic E-state index is 0.0945. The highest BCUT2D eigenvalue weighted by Crippen LogP contribution is 2.42. The van der Waals surface area contributed by atoms with Crippen molar-refractivity contribution in [3.8, 4) is 5.75 Å². The van der Waals surface area contributed by atoms with Crippen molar-refractivity contribution in [2.45, 2.75) is 18.6 Å². The third-order valence-corrected chi connectivity index (χ3v) is 4.10. The zero-order chi connectivity index (χ0) is 14.9. The summed E-state index contributed by atoms with van der Waals surface area (Å²) >= 11 is 0. The molecule has 0 N–H and O–H groups in total. The van der Waals surface area contributed by atoms with Crippen molar-refractivity contribution < 1.29 is 9.13 Å². The SMILES string of the molecule is Fc1ccc2c(c1)OC(c1ccccc1)CC2n1ccnc1. The number of ether oxygens (including phenoxy) is 1. The van der Waals surface area contributed by atoms with Gasteiger partial charge >= 0.3 is 0 Å². The molecule has 2 heterocycles. The second-order valence-electron chi connectivity index (χ2n) is 5.46. The molecule has 0 saturated heterocycles. The maximum absolute atomic E-state index is 13.6. The van der Waals surface area contributed by atoms with Crippen molar-refractivity contribution >= 4 is 0 Å². The number of rotatable bonds is 2. The molecule has 2 atom stereocenters. The first-order valence-electron chi connectivity index (χ1n) is 7.30. The van der Waals surface area contributed by atoms with Gasteiger partial charge in [-0.25, -0.2) is 9.37 Å². The fourth-order valence-electron chi connectivity index (χ4n) is 3.02. The number of benzene rings is 2. The lowest BCUT2D eigenvalue weighted by Gasteiger charge is -2.33. The van der Waals surface area contributed by atoms with Gasteiger partial charge in [-0.15, -0.1) is 0 Å². The van der Waals surface area contributed by atoms with E-state index in [1.807, 2.05) is 36.5 Å². The number of fused-ring (bicyclic) bond motifs is 1. The van der Waals surface area contributed by atoms with E-state index in [0.717, 1.165) is 17.5 Å². The highest BCUT2D eigenvalue weighted by molar-refractivity contribution is 5.40. The van der Waals surface area contributed by atoms with Crippen LogP contribution in [-0.4, -0.2) is 9.55 Å². The number of halogens is 1. The zero-order valence-corrected chi connectivity index (χ0v) is 11.9. The Labute approximate surface area is 128 Å². The summed E-state index contributed by atoms with van der Waals surface area (Å²) in [5.41, 5.74) is 2.09. The van der Waals surface area contributed by atoms with Crippen LogP contribution in [0.4, 0.5) is 4.39 Å². The van der Waals surface area contributed by atoms with Crippen LogP contribution in [0.5, 0.6) is 5.75 Å². The molecule has 2 unspecified atom stereocenters. The van der Waals surface area contributed by atoms with Gasteiger partial charge in [-0.3, -0.25) is 0 Å². The van der Waals surface area contributed by atoms with E-state index in [1.54, 1.807) is 18.6 Å². The molecule has 22 heavy (non-hydrogen) atoms. The summed E-state index contributed by atoms with van der Waals surface area (Å²) in [7, 11) is 0. The molecule has 1 aliphatic heterocycles. The average Bonchev–Trinajstić information content (AvgIpc) is 3.08. The molecule has 0 amide bonds. The molecule has 110 valence electrons. The van der Waals surface area contributed by atoms with Crippen molar-refractivity contribution in [1.82, 2.24) is 9.55 Å². The van der Waals surface area contributed by atoms with Gasteiger partial charge in [0.2, 0.25) is 0 Å². The molecular formula is C18H15FN2O. The standard InChI is InChI=1S/C18H15FN2O/c19-14-6-7-15-16(21-9-8-20-12-21)11-17(22-18(15)10-14)13-4-2-1-3-5-13/h1-10,12,16-17H,11H2. The molecule has 4 rings (SSSR count). The minimum Gasteiger partial charge on any atom is -0.485 e. The summed E-state index contributed by atoms with van der Waals surface area (Å²) in [6.45, 7) is 0. The quantitative estimate of drug-likeness (QED) is 0.710. The highest BCUT2D eigenvalue weighted by atomic mass is 19.1. The fraction of sp³-hybridized carbons (Fsp3) is 0.167. The van der Waals surface area contributed by atoms with Gasteiger partial charge in [-0.2, -0.15) is 0 Å². The van der Waals surface area contributed by atoms with Crippen LogP contribution < -0.4 is 4.74 Å². The monoisotopic (exact) mass is 294 g/mol. The Hall–Kier alpha value is -2.62. The van der Waals surface area contributed by atoms with E-state index in [9.17, 15) is 4.39 Å². The topological polar surface area (TPSA) is 27.1 Å².